The Morgan fingerprint density at radius 1 is 1.50 bits per heavy atom. The highest BCUT2D eigenvalue weighted by atomic mass is 16.2. The van der Waals surface area contributed by atoms with Gasteiger partial charge in [0, 0.05) is 18.2 Å². The van der Waals surface area contributed by atoms with E-state index in [9.17, 15) is 4.79 Å². The maximum atomic E-state index is 11.3. The molecule has 0 fully saturated rings. The molecule has 1 aliphatic heterocycles. The van der Waals surface area contributed by atoms with Crippen molar-refractivity contribution < 1.29 is 4.79 Å². The Morgan fingerprint density at radius 2 is 2.29 bits per heavy atom. The van der Waals surface area contributed by atoms with Crippen molar-refractivity contribution in [3.05, 3.63) is 24.0 Å². The fourth-order valence-electron chi connectivity index (χ4n) is 1.60. The average molecular weight is 191 g/mol. The van der Waals surface area contributed by atoms with Crippen molar-refractivity contribution in [2.45, 2.75) is 19.3 Å². The fourth-order valence-corrected chi connectivity index (χ4v) is 1.60. The highest BCUT2D eigenvalue weighted by Crippen LogP contribution is 2.28. The van der Waals surface area contributed by atoms with Gasteiger partial charge >= 0.3 is 6.03 Å². The van der Waals surface area contributed by atoms with Crippen LogP contribution in [0.3, 0.4) is 0 Å². The third kappa shape index (κ3) is 1.43. The van der Waals surface area contributed by atoms with Gasteiger partial charge in [-0.2, -0.15) is 0 Å². The van der Waals surface area contributed by atoms with E-state index in [0.29, 0.717) is 6.54 Å². The molecule has 2 N–H and O–H groups in total. The third-order valence-electron chi connectivity index (χ3n) is 2.39. The Morgan fingerprint density at radius 3 is 3.07 bits per heavy atom. The van der Waals surface area contributed by atoms with E-state index in [4.69, 9.17) is 0 Å². The number of fused-ring (bicyclic) bond motifs is 1. The van der Waals surface area contributed by atoms with Crippen molar-refractivity contribution >= 4 is 11.7 Å². The first-order valence-corrected chi connectivity index (χ1v) is 4.60. The van der Waals surface area contributed by atoms with Crippen LogP contribution in [0, 0.1) is 0 Å². The number of rotatable bonds is 0. The summed E-state index contributed by atoms with van der Waals surface area (Å²) in [5.74, 6) is 0. The van der Waals surface area contributed by atoms with Crippen LogP contribution in [0.5, 0.6) is 0 Å². The van der Waals surface area contributed by atoms with E-state index in [1.165, 1.54) is 0 Å². The predicted octanol–water partition coefficient (Wildman–Crippen LogP) is 1.49. The van der Waals surface area contributed by atoms with E-state index in [0.717, 1.165) is 11.4 Å². The summed E-state index contributed by atoms with van der Waals surface area (Å²) in [4.78, 5) is 15.6. The maximum Gasteiger partial charge on any atom is 0.319 e. The minimum absolute atomic E-state index is 0.129. The number of hydrogen-bond acceptors (Lipinski definition) is 2. The zero-order chi connectivity index (χ0) is 10.2. The summed E-state index contributed by atoms with van der Waals surface area (Å²) >= 11 is 0. The van der Waals surface area contributed by atoms with E-state index in [1.807, 2.05) is 12.1 Å². The summed E-state index contributed by atoms with van der Waals surface area (Å²) in [6.07, 6.45) is 1.75. The van der Waals surface area contributed by atoms with E-state index >= 15 is 0 Å². The van der Waals surface area contributed by atoms with Crippen LogP contribution in [-0.2, 0) is 5.41 Å². The van der Waals surface area contributed by atoms with E-state index in [2.05, 4.69) is 29.5 Å². The Kier molecular flexibility index (Phi) is 1.91. The van der Waals surface area contributed by atoms with Gasteiger partial charge in [0.1, 0.15) is 0 Å². The number of carbonyl (C=O) groups is 1. The van der Waals surface area contributed by atoms with Crippen molar-refractivity contribution in [1.29, 1.82) is 0 Å². The Labute approximate surface area is 82.7 Å². The van der Waals surface area contributed by atoms with Gasteiger partial charge in [-0.1, -0.05) is 13.8 Å². The van der Waals surface area contributed by atoms with Gasteiger partial charge in [0.2, 0.25) is 0 Å². The monoisotopic (exact) mass is 191 g/mol. The quantitative estimate of drug-likeness (QED) is 0.652. The average Bonchev–Trinajstić information content (AvgIpc) is 2.25. The number of aromatic nitrogens is 1. The molecule has 0 unspecified atom stereocenters. The SMILES string of the molecule is CC1(C)CNC(=O)Nc2cccnc21. The summed E-state index contributed by atoms with van der Waals surface area (Å²) in [6, 6.07) is 3.53. The molecular weight excluding hydrogens is 178 g/mol. The zero-order valence-electron chi connectivity index (χ0n) is 8.29. The van der Waals surface area contributed by atoms with Crippen molar-refractivity contribution in [2.24, 2.45) is 0 Å². The van der Waals surface area contributed by atoms with Crippen LogP contribution < -0.4 is 10.6 Å². The lowest BCUT2D eigenvalue weighted by Gasteiger charge is -2.22. The molecule has 0 aromatic carbocycles. The predicted molar refractivity (Wildman–Crippen MR) is 54.3 cm³/mol. The molecule has 1 aromatic rings. The number of pyridine rings is 1. The smallest absolute Gasteiger partial charge is 0.319 e. The molecule has 14 heavy (non-hydrogen) atoms. The second-order valence-corrected chi connectivity index (χ2v) is 4.09. The van der Waals surface area contributed by atoms with Crippen LogP contribution in [-0.4, -0.2) is 17.6 Å². The number of anilines is 1. The minimum Gasteiger partial charge on any atom is -0.337 e. The van der Waals surface area contributed by atoms with Gasteiger partial charge < -0.3 is 10.6 Å². The molecule has 0 spiro atoms. The molecule has 2 amide bonds. The summed E-state index contributed by atoms with van der Waals surface area (Å²) in [5.41, 5.74) is 1.60. The van der Waals surface area contributed by atoms with E-state index in [-0.39, 0.29) is 11.4 Å². The first-order chi connectivity index (χ1) is 6.59. The van der Waals surface area contributed by atoms with Crippen molar-refractivity contribution in [1.82, 2.24) is 10.3 Å². The second-order valence-electron chi connectivity index (χ2n) is 4.09. The lowest BCUT2D eigenvalue weighted by atomic mass is 9.88. The second kappa shape index (κ2) is 2.97. The molecular formula is C10H13N3O. The van der Waals surface area contributed by atoms with Crippen LogP contribution in [0.25, 0.3) is 0 Å². The van der Waals surface area contributed by atoms with Gasteiger partial charge in [-0.15, -0.1) is 0 Å². The molecule has 0 radical (unpaired) electrons. The largest absolute Gasteiger partial charge is 0.337 e. The number of carbonyl (C=O) groups excluding carboxylic acids is 1. The molecule has 0 atom stereocenters. The first kappa shape index (κ1) is 8.99. The molecule has 1 aliphatic rings. The summed E-state index contributed by atoms with van der Waals surface area (Å²) in [6.45, 7) is 4.72. The highest BCUT2D eigenvalue weighted by Gasteiger charge is 2.29. The van der Waals surface area contributed by atoms with Gasteiger partial charge in [0.25, 0.3) is 0 Å². The molecule has 4 nitrogen and oxygen atoms in total. The van der Waals surface area contributed by atoms with Gasteiger partial charge in [-0.25, -0.2) is 4.79 Å². The number of urea groups is 1. The van der Waals surface area contributed by atoms with Crippen molar-refractivity contribution in [3.8, 4) is 0 Å². The number of amides is 2. The normalized spacial score (nSPS) is 18.9. The summed E-state index contributed by atoms with van der Waals surface area (Å²) < 4.78 is 0. The third-order valence-corrected chi connectivity index (χ3v) is 2.39. The van der Waals surface area contributed by atoms with E-state index < -0.39 is 0 Å². The van der Waals surface area contributed by atoms with Crippen LogP contribution >= 0.6 is 0 Å². The van der Waals surface area contributed by atoms with Crippen LogP contribution in [0.15, 0.2) is 18.3 Å². The van der Waals surface area contributed by atoms with Crippen LogP contribution in [0.1, 0.15) is 19.5 Å². The molecule has 0 saturated carbocycles. The topological polar surface area (TPSA) is 54.0 Å². The highest BCUT2D eigenvalue weighted by molar-refractivity contribution is 5.91. The number of hydrogen-bond donors (Lipinski definition) is 2. The lowest BCUT2D eigenvalue weighted by molar-refractivity contribution is 0.250. The Hall–Kier alpha value is -1.58. The summed E-state index contributed by atoms with van der Waals surface area (Å²) in [5, 5.41) is 5.56. The molecule has 0 bridgehead atoms. The maximum absolute atomic E-state index is 11.3. The zero-order valence-corrected chi connectivity index (χ0v) is 8.29. The Balaban J connectivity index is 2.52. The van der Waals surface area contributed by atoms with Gasteiger partial charge in [0.15, 0.2) is 0 Å². The van der Waals surface area contributed by atoms with Crippen molar-refractivity contribution in [2.75, 3.05) is 11.9 Å². The van der Waals surface area contributed by atoms with Gasteiger partial charge in [-0.3, -0.25) is 4.98 Å². The molecule has 4 heteroatoms. The first-order valence-electron chi connectivity index (χ1n) is 4.60. The molecule has 0 saturated heterocycles. The molecule has 2 rings (SSSR count). The molecule has 1 aromatic heterocycles. The van der Waals surface area contributed by atoms with Crippen molar-refractivity contribution in [3.63, 3.8) is 0 Å². The van der Waals surface area contributed by atoms with E-state index in [1.54, 1.807) is 6.20 Å². The fraction of sp³-hybridized carbons (Fsp3) is 0.400. The standard InChI is InChI=1S/C10H13N3O/c1-10(2)6-12-9(14)13-7-4-3-5-11-8(7)10/h3-5H,6H2,1-2H3,(H2,12,13,14). The lowest BCUT2D eigenvalue weighted by Crippen LogP contribution is -2.35. The number of nitrogens with zero attached hydrogens (tertiary/aromatic N) is 1. The Bertz CT molecular complexity index is 373. The van der Waals surface area contributed by atoms with Crippen LogP contribution in [0.4, 0.5) is 10.5 Å². The van der Waals surface area contributed by atoms with Gasteiger partial charge in [0.05, 0.1) is 11.4 Å². The summed E-state index contributed by atoms with van der Waals surface area (Å²) in [7, 11) is 0. The number of nitrogens with one attached hydrogen (secondary N) is 2. The molecule has 74 valence electrons. The molecule has 2 heterocycles. The van der Waals surface area contributed by atoms with Gasteiger partial charge in [-0.05, 0) is 12.1 Å². The molecule has 0 aliphatic carbocycles. The van der Waals surface area contributed by atoms with Crippen LogP contribution in [0.2, 0.25) is 0 Å². The minimum atomic E-state index is -0.162.